The Morgan fingerprint density at radius 1 is 0.938 bits per heavy atom. The largest absolute Gasteiger partial charge is 0.339 e. The molecule has 2 heterocycles. The standard InChI is InChI=1S/C25H21FN2O3S/c26-20-9-3-1-7-18(20)16-28-21-15-17(24(29)27-13-5-6-14-27)11-12-23(21)32(31)22-10-4-2-8-19(22)25(28)30/h1-4,7-12,15H,5-6,13-14,16H2/t32-/m1/s1. The van der Waals surface area contributed by atoms with Crippen molar-refractivity contribution >= 4 is 28.3 Å². The normalized spacial score (nSPS) is 17.7. The quantitative estimate of drug-likeness (QED) is 0.597. The first-order valence-corrected chi connectivity index (χ1v) is 11.7. The molecule has 0 spiro atoms. The Kier molecular flexibility index (Phi) is 5.35. The van der Waals surface area contributed by atoms with Crippen LogP contribution in [0, 0.1) is 5.82 Å². The zero-order valence-corrected chi connectivity index (χ0v) is 18.1. The van der Waals surface area contributed by atoms with E-state index in [4.69, 9.17) is 0 Å². The fourth-order valence-electron chi connectivity index (χ4n) is 4.25. The Bertz CT molecular complexity index is 1250. The van der Waals surface area contributed by atoms with Gasteiger partial charge in [0, 0.05) is 24.2 Å². The van der Waals surface area contributed by atoms with Gasteiger partial charge in [0.2, 0.25) is 0 Å². The zero-order chi connectivity index (χ0) is 22.2. The van der Waals surface area contributed by atoms with Crippen LogP contribution in [0.15, 0.2) is 76.5 Å². The number of amides is 2. The van der Waals surface area contributed by atoms with Crippen molar-refractivity contribution in [2.75, 3.05) is 18.0 Å². The van der Waals surface area contributed by atoms with Crippen molar-refractivity contribution in [2.24, 2.45) is 0 Å². The first kappa shape index (κ1) is 20.6. The van der Waals surface area contributed by atoms with Crippen molar-refractivity contribution in [3.05, 3.63) is 89.2 Å². The summed E-state index contributed by atoms with van der Waals surface area (Å²) in [4.78, 5) is 30.6. The molecule has 0 aliphatic carbocycles. The van der Waals surface area contributed by atoms with Gasteiger partial charge < -0.3 is 9.80 Å². The van der Waals surface area contributed by atoms with Crippen LogP contribution >= 0.6 is 0 Å². The Hall–Kier alpha value is -3.32. The lowest BCUT2D eigenvalue weighted by molar-refractivity contribution is 0.0792. The molecule has 1 atom stereocenters. The minimum Gasteiger partial charge on any atom is -0.339 e. The zero-order valence-electron chi connectivity index (χ0n) is 17.3. The molecule has 32 heavy (non-hydrogen) atoms. The number of halogens is 1. The summed E-state index contributed by atoms with van der Waals surface area (Å²) in [6.07, 6.45) is 1.93. The van der Waals surface area contributed by atoms with Crippen molar-refractivity contribution in [3.8, 4) is 0 Å². The smallest absolute Gasteiger partial charge is 0.259 e. The second-order valence-corrected chi connectivity index (χ2v) is 9.35. The summed E-state index contributed by atoms with van der Waals surface area (Å²) in [6, 6.07) is 18.0. The minimum atomic E-state index is -1.62. The molecule has 0 unspecified atom stereocenters. The fourth-order valence-corrected chi connectivity index (χ4v) is 5.60. The summed E-state index contributed by atoms with van der Waals surface area (Å²) in [6.45, 7) is 1.36. The van der Waals surface area contributed by atoms with Gasteiger partial charge >= 0.3 is 0 Å². The van der Waals surface area contributed by atoms with E-state index in [9.17, 15) is 18.2 Å². The summed E-state index contributed by atoms with van der Waals surface area (Å²) in [5.41, 5.74) is 1.46. The SMILES string of the molecule is O=C(c1ccc2c(c1)N(Cc1ccccc1F)C(=O)c1ccccc1[S@]2=O)N1CCCC1. The Morgan fingerprint density at radius 3 is 2.44 bits per heavy atom. The van der Waals surface area contributed by atoms with Gasteiger partial charge in [-0.05, 0) is 49.2 Å². The summed E-state index contributed by atoms with van der Waals surface area (Å²) in [5.74, 6) is -0.914. The van der Waals surface area contributed by atoms with E-state index in [1.807, 2.05) is 0 Å². The molecule has 0 radical (unpaired) electrons. The highest BCUT2D eigenvalue weighted by atomic mass is 32.2. The third-order valence-electron chi connectivity index (χ3n) is 5.94. The van der Waals surface area contributed by atoms with E-state index in [0.29, 0.717) is 45.3 Å². The van der Waals surface area contributed by atoms with Crippen LogP contribution < -0.4 is 4.90 Å². The predicted octanol–water partition coefficient (Wildman–Crippen LogP) is 4.39. The molecule has 0 N–H and O–H groups in total. The summed E-state index contributed by atoms with van der Waals surface area (Å²) in [5, 5.41) is 0. The lowest BCUT2D eigenvalue weighted by atomic mass is 10.1. The van der Waals surface area contributed by atoms with Gasteiger partial charge in [-0.25, -0.2) is 8.60 Å². The van der Waals surface area contributed by atoms with Crippen LogP contribution in [0.25, 0.3) is 0 Å². The number of carbonyl (C=O) groups excluding carboxylic acids is 2. The van der Waals surface area contributed by atoms with Crippen molar-refractivity contribution in [3.63, 3.8) is 0 Å². The predicted molar refractivity (Wildman–Crippen MR) is 120 cm³/mol. The lowest BCUT2D eigenvalue weighted by Crippen LogP contribution is -2.31. The third kappa shape index (κ3) is 3.52. The third-order valence-corrected chi connectivity index (χ3v) is 7.44. The molecule has 0 bridgehead atoms. The van der Waals surface area contributed by atoms with Gasteiger partial charge in [0.1, 0.15) is 5.82 Å². The monoisotopic (exact) mass is 448 g/mol. The number of nitrogens with zero attached hydrogens (tertiary/aromatic N) is 2. The Labute approximate surface area is 187 Å². The average Bonchev–Trinajstić information content (AvgIpc) is 3.34. The molecule has 5 nitrogen and oxygen atoms in total. The van der Waals surface area contributed by atoms with Gasteiger partial charge in [-0.3, -0.25) is 9.59 Å². The van der Waals surface area contributed by atoms with Gasteiger partial charge in [0.05, 0.1) is 38.4 Å². The highest BCUT2D eigenvalue weighted by Gasteiger charge is 2.32. The van der Waals surface area contributed by atoms with Crippen molar-refractivity contribution in [2.45, 2.75) is 29.2 Å². The number of anilines is 1. The van der Waals surface area contributed by atoms with E-state index >= 15 is 0 Å². The van der Waals surface area contributed by atoms with Gasteiger partial charge in [0.15, 0.2) is 0 Å². The number of likely N-dealkylation sites (tertiary alicyclic amines) is 1. The Morgan fingerprint density at radius 2 is 1.66 bits per heavy atom. The maximum atomic E-state index is 14.5. The van der Waals surface area contributed by atoms with Crippen LogP contribution in [0.3, 0.4) is 0 Å². The molecule has 1 fully saturated rings. The van der Waals surface area contributed by atoms with Crippen LogP contribution in [0.5, 0.6) is 0 Å². The molecule has 3 aromatic carbocycles. The molecule has 0 saturated carbocycles. The number of carbonyl (C=O) groups is 2. The molecular formula is C25H21FN2O3S. The van der Waals surface area contributed by atoms with E-state index in [-0.39, 0.29) is 18.4 Å². The average molecular weight is 449 g/mol. The van der Waals surface area contributed by atoms with E-state index in [1.165, 1.54) is 11.0 Å². The van der Waals surface area contributed by atoms with Crippen LogP contribution in [-0.4, -0.2) is 34.0 Å². The molecule has 5 rings (SSSR count). The highest BCUT2D eigenvalue weighted by Crippen LogP contribution is 2.36. The minimum absolute atomic E-state index is 0.0363. The summed E-state index contributed by atoms with van der Waals surface area (Å²) in [7, 11) is -1.62. The summed E-state index contributed by atoms with van der Waals surface area (Å²) < 4.78 is 27.9. The van der Waals surface area contributed by atoms with Gasteiger partial charge in [-0.2, -0.15) is 0 Å². The van der Waals surface area contributed by atoms with Crippen LogP contribution in [0.4, 0.5) is 10.1 Å². The van der Waals surface area contributed by atoms with Crippen LogP contribution in [-0.2, 0) is 17.3 Å². The molecule has 2 aliphatic rings. The summed E-state index contributed by atoms with van der Waals surface area (Å²) >= 11 is 0. The van der Waals surface area contributed by atoms with Crippen molar-refractivity contribution in [1.82, 2.24) is 4.90 Å². The van der Waals surface area contributed by atoms with Gasteiger partial charge in [-0.15, -0.1) is 0 Å². The molecule has 3 aromatic rings. The molecule has 0 aromatic heterocycles. The van der Waals surface area contributed by atoms with E-state index in [1.54, 1.807) is 65.6 Å². The molecule has 1 saturated heterocycles. The molecule has 2 amide bonds. The van der Waals surface area contributed by atoms with Gasteiger partial charge in [0.25, 0.3) is 11.8 Å². The van der Waals surface area contributed by atoms with Crippen LogP contribution in [0.1, 0.15) is 39.1 Å². The lowest BCUT2D eigenvalue weighted by Gasteiger charge is -2.24. The second kappa shape index (κ2) is 8.31. The number of hydrogen-bond donors (Lipinski definition) is 0. The highest BCUT2D eigenvalue weighted by molar-refractivity contribution is 7.85. The first-order chi connectivity index (χ1) is 15.5. The number of fused-ring (bicyclic) bond motifs is 2. The van der Waals surface area contributed by atoms with E-state index < -0.39 is 16.6 Å². The van der Waals surface area contributed by atoms with Crippen molar-refractivity contribution in [1.29, 1.82) is 0 Å². The second-order valence-electron chi connectivity index (χ2n) is 7.93. The molecule has 2 aliphatic heterocycles. The molecular weight excluding hydrogens is 427 g/mol. The number of benzene rings is 3. The Balaban J connectivity index is 1.66. The number of rotatable bonds is 3. The van der Waals surface area contributed by atoms with E-state index in [0.717, 1.165) is 12.8 Å². The van der Waals surface area contributed by atoms with Gasteiger partial charge in [-0.1, -0.05) is 30.3 Å². The van der Waals surface area contributed by atoms with Crippen molar-refractivity contribution < 1.29 is 18.2 Å². The van der Waals surface area contributed by atoms with E-state index in [2.05, 4.69) is 0 Å². The molecule has 162 valence electrons. The topological polar surface area (TPSA) is 57.7 Å². The first-order valence-electron chi connectivity index (χ1n) is 10.5. The number of hydrogen-bond acceptors (Lipinski definition) is 3. The maximum absolute atomic E-state index is 14.5. The van der Waals surface area contributed by atoms with Crippen LogP contribution in [0.2, 0.25) is 0 Å². The maximum Gasteiger partial charge on any atom is 0.259 e. The molecule has 7 heteroatoms. The fraction of sp³-hybridized carbons (Fsp3) is 0.200.